The molecule has 1 aromatic carbocycles. The third-order valence-corrected chi connectivity index (χ3v) is 2.72. The molecule has 0 saturated heterocycles. The molecule has 0 radical (unpaired) electrons. The van der Waals surface area contributed by atoms with Gasteiger partial charge in [0.1, 0.15) is 11.6 Å². The summed E-state index contributed by atoms with van der Waals surface area (Å²) in [5.74, 6) is 0.507. The lowest BCUT2D eigenvalue weighted by molar-refractivity contribution is -0.120. The van der Waals surface area contributed by atoms with Crippen LogP contribution < -0.4 is 5.32 Å². The Morgan fingerprint density at radius 2 is 2.32 bits per heavy atom. The summed E-state index contributed by atoms with van der Waals surface area (Å²) in [4.78, 5) is 18.7. The van der Waals surface area contributed by atoms with Gasteiger partial charge in [-0.05, 0) is 24.1 Å². The van der Waals surface area contributed by atoms with Crippen molar-refractivity contribution < 1.29 is 9.18 Å². The van der Waals surface area contributed by atoms with Gasteiger partial charge in [0.15, 0.2) is 0 Å². The van der Waals surface area contributed by atoms with Crippen molar-refractivity contribution in [1.82, 2.24) is 15.3 Å². The van der Waals surface area contributed by atoms with Crippen LogP contribution in [0.2, 0.25) is 0 Å². The highest BCUT2D eigenvalue weighted by Crippen LogP contribution is 2.04. The molecule has 0 saturated carbocycles. The highest BCUT2D eigenvalue weighted by Gasteiger charge is 2.03. The highest BCUT2D eigenvalue weighted by atomic mass is 19.1. The predicted molar refractivity (Wildman–Crippen MR) is 70.0 cm³/mol. The van der Waals surface area contributed by atoms with Crippen LogP contribution in [0.25, 0.3) is 0 Å². The lowest BCUT2D eigenvalue weighted by atomic mass is 10.1. The molecular weight excluding hydrogens is 245 g/mol. The smallest absolute Gasteiger partial charge is 0.224 e. The summed E-state index contributed by atoms with van der Waals surface area (Å²) in [5, 5.41) is 2.81. The van der Waals surface area contributed by atoms with E-state index >= 15 is 0 Å². The number of aromatic nitrogens is 2. The van der Waals surface area contributed by atoms with Gasteiger partial charge in [0.25, 0.3) is 0 Å². The van der Waals surface area contributed by atoms with E-state index in [2.05, 4.69) is 15.3 Å². The number of hydrogen-bond acceptors (Lipinski definition) is 2. The van der Waals surface area contributed by atoms with Gasteiger partial charge in [-0.3, -0.25) is 4.79 Å². The van der Waals surface area contributed by atoms with E-state index in [1.807, 2.05) is 0 Å². The maximum Gasteiger partial charge on any atom is 0.224 e. The number of aromatic amines is 1. The second-order valence-corrected chi connectivity index (χ2v) is 4.30. The van der Waals surface area contributed by atoms with Crippen LogP contribution in [-0.2, 0) is 17.6 Å². The largest absolute Gasteiger partial charge is 0.356 e. The first-order chi connectivity index (χ1) is 9.24. The Labute approximate surface area is 111 Å². The molecule has 19 heavy (non-hydrogen) atoms. The minimum absolute atomic E-state index is 0.0926. The van der Waals surface area contributed by atoms with Crippen LogP contribution in [0.1, 0.15) is 17.8 Å². The van der Waals surface area contributed by atoms with Crippen LogP contribution in [0.4, 0.5) is 4.39 Å². The van der Waals surface area contributed by atoms with Crippen LogP contribution in [-0.4, -0.2) is 22.4 Å². The third kappa shape index (κ3) is 4.54. The van der Waals surface area contributed by atoms with Crippen molar-refractivity contribution in [3.05, 3.63) is 53.9 Å². The summed E-state index contributed by atoms with van der Waals surface area (Å²) >= 11 is 0. The standard InChI is InChI=1S/C14H16FN3O/c15-12-4-1-3-11(9-12)10-14(19)18-6-2-5-13-16-7-8-17-13/h1,3-4,7-9H,2,5-6,10H2,(H,16,17)(H,18,19). The quantitative estimate of drug-likeness (QED) is 0.779. The monoisotopic (exact) mass is 261 g/mol. The zero-order chi connectivity index (χ0) is 13.5. The van der Waals surface area contributed by atoms with Gasteiger partial charge < -0.3 is 10.3 Å². The molecule has 2 aromatic rings. The predicted octanol–water partition coefficient (Wildman–Crippen LogP) is 1.84. The lowest BCUT2D eigenvalue weighted by Crippen LogP contribution is -2.26. The molecule has 0 bridgehead atoms. The number of carbonyl (C=O) groups excluding carboxylic acids is 1. The zero-order valence-electron chi connectivity index (χ0n) is 10.5. The number of rotatable bonds is 6. The summed E-state index contributed by atoms with van der Waals surface area (Å²) in [6.45, 7) is 0.592. The van der Waals surface area contributed by atoms with Crippen molar-refractivity contribution in [3.63, 3.8) is 0 Å². The molecule has 1 heterocycles. The summed E-state index contributed by atoms with van der Waals surface area (Å²) in [5.41, 5.74) is 0.684. The van der Waals surface area contributed by atoms with E-state index in [1.54, 1.807) is 24.5 Å². The number of benzene rings is 1. The fraction of sp³-hybridized carbons (Fsp3) is 0.286. The van der Waals surface area contributed by atoms with Crippen LogP contribution in [0.15, 0.2) is 36.7 Å². The first kappa shape index (κ1) is 13.3. The maximum atomic E-state index is 12.9. The van der Waals surface area contributed by atoms with Crippen LogP contribution in [0.5, 0.6) is 0 Å². The van der Waals surface area contributed by atoms with E-state index in [1.165, 1.54) is 12.1 Å². The molecular formula is C14H16FN3O. The fourth-order valence-corrected chi connectivity index (χ4v) is 1.81. The molecule has 0 aliphatic carbocycles. The van der Waals surface area contributed by atoms with Crippen molar-refractivity contribution in [3.8, 4) is 0 Å². The van der Waals surface area contributed by atoms with Crippen LogP contribution >= 0.6 is 0 Å². The molecule has 0 aliphatic rings. The molecule has 4 nitrogen and oxygen atoms in total. The van der Waals surface area contributed by atoms with E-state index in [-0.39, 0.29) is 18.1 Å². The van der Waals surface area contributed by atoms with Gasteiger partial charge in [-0.1, -0.05) is 12.1 Å². The van der Waals surface area contributed by atoms with Crippen LogP contribution in [0, 0.1) is 5.82 Å². The number of amides is 1. The van der Waals surface area contributed by atoms with Gasteiger partial charge in [0.05, 0.1) is 6.42 Å². The highest BCUT2D eigenvalue weighted by molar-refractivity contribution is 5.78. The second kappa shape index (κ2) is 6.68. The topological polar surface area (TPSA) is 57.8 Å². The first-order valence-corrected chi connectivity index (χ1v) is 6.23. The van der Waals surface area contributed by atoms with Crippen molar-refractivity contribution in [2.24, 2.45) is 0 Å². The average molecular weight is 261 g/mol. The fourth-order valence-electron chi connectivity index (χ4n) is 1.81. The van der Waals surface area contributed by atoms with Crippen LogP contribution in [0.3, 0.4) is 0 Å². The number of aryl methyl sites for hydroxylation is 1. The second-order valence-electron chi connectivity index (χ2n) is 4.30. The van der Waals surface area contributed by atoms with Gasteiger partial charge in [0, 0.05) is 25.4 Å². The molecule has 1 aromatic heterocycles. The Balaban J connectivity index is 1.67. The van der Waals surface area contributed by atoms with Gasteiger partial charge in [-0.25, -0.2) is 9.37 Å². The Kier molecular flexibility index (Phi) is 4.66. The summed E-state index contributed by atoms with van der Waals surface area (Å²) in [6, 6.07) is 6.09. The minimum Gasteiger partial charge on any atom is -0.356 e. The van der Waals surface area contributed by atoms with Crippen molar-refractivity contribution >= 4 is 5.91 Å². The van der Waals surface area contributed by atoms with E-state index in [4.69, 9.17) is 0 Å². The molecule has 0 atom stereocenters. The first-order valence-electron chi connectivity index (χ1n) is 6.23. The lowest BCUT2D eigenvalue weighted by Gasteiger charge is -2.04. The average Bonchev–Trinajstić information content (AvgIpc) is 2.88. The molecule has 2 N–H and O–H groups in total. The number of nitrogens with one attached hydrogen (secondary N) is 2. The number of H-pyrrole nitrogens is 1. The Bertz CT molecular complexity index is 525. The van der Waals surface area contributed by atoms with Gasteiger partial charge in [0.2, 0.25) is 5.91 Å². The molecule has 100 valence electrons. The molecule has 2 rings (SSSR count). The molecule has 0 unspecified atom stereocenters. The minimum atomic E-state index is -0.317. The Morgan fingerprint density at radius 3 is 3.05 bits per heavy atom. The van der Waals surface area contributed by atoms with E-state index < -0.39 is 0 Å². The van der Waals surface area contributed by atoms with E-state index in [0.717, 1.165) is 18.7 Å². The van der Waals surface area contributed by atoms with Crippen molar-refractivity contribution in [2.45, 2.75) is 19.3 Å². The van der Waals surface area contributed by atoms with Gasteiger partial charge in [-0.2, -0.15) is 0 Å². The van der Waals surface area contributed by atoms with Crippen molar-refractivity contribution in [1.29, 1.82) is 0 Å². The summed E-state index contributed by atoms with van der Waals surface area (Å²) < 4.78 is 12.9. The number of imidazole rings is 1. The molecule has 5 heteroatoms. The van der Waals surface area contributed by atoms with E-state index in [0.29, 0.717) is 12.1 Å². The number of halogens is 1. The summed E-state index contributed by atoms with van der Waals surface area (Å²) in [7, 11) is 0. The molecule has 0 fully saturated rings. The Morgan fingerprint density at radius 1 is 1.42 bits per heavy atom. The number of nitrogens with zero attached hydrogens (tertiary/aromatic N) is 1. The third-order valence-electron chi connectivity index (χ3n) is 2.72. The van der Waals surface area contributed by atoms with Gasteiger partial charge in [-0.15, -0.1) is 0 Å². The summed E-state index contributed by atoms with van der Waals surface area (Å²) in [6.07, 6.45) is 5.31. The molecule has 1 amide bonds. The van der Waals surface area contributed by atoms with Gasteiger partial charge >= 0.3 is 0 Å². The Hall–Kier alpha value is -2.17. The molecule has 0 aliphatic heterocycles. The van der Waals surface area contributed by atoms with E-state index in [9.17, 15) is 9.18 Å². The maximum absolute atomic E-state index is 12.9. The number of carbonyl (C=O) groups is 1. The van der Waals surface area contributed by atoms with Crippen molar-refractivity contribution in [2.75, 3.05) is 6.54 Å². The number of hydrogen-bond donors (Lipinski definition) is 2. The molecule has 0 spiro atoms. The zero-order valence-corrected chi connectivity index (χ0v) is 10.5. The normalized spacial score (nSPS) is 10.4. The SMILES string of the molecule is O=C(Cc1cccc(F)c1)NCCCc1ncc[nH]1.